The minimum atomic E-state index is -4.49. The molecule has 42 heavy (non-hydrogen) atoms. The van der Waals surface area contributed by atoms with Crippen LogP contribution in [-0.2, 0) is 33.2 Å². The number of alkyl halides is 6. The molecule has 0 bridgehead atoms. The van der Waals surface area contributed by atoms with E-state index >= 15 is 0 Å². The number of esters is 1. The Kier molecular flexibility index (Phi) is 9.49. The lowest BCUT2D eigenvalue weighted by atomic mass is 10.0. The van der Waals surface area contributed by atoms with E-state index in [4.69, 9.17) is 4.74 Å². The SMILES string of the molecule is CC(=O)N1CCN(C(=O)Cc2ccc(C(F)(F)F)cc2)C(CN2CCC(CC(=O)Oc3ccc(C(F)(F)F)cc3)C2)C1. The van der Waals surface area contributed by atoms with Gasteiger partial charge in [0.1, 0.15) is 5.75 Å². The van der Waals surface area contributed by atoms with Crippen molar-refractivity contribution in [2.75, 3.05) is 39.3 Å². The van der Waals surface area contributed by atoms with Gasteiger partial charge in [0.2, 0.25) is 11.8 Å². The molecule has 7 nitrogen and oxygen atoms in total. The molecule has 0 aromatic heterocycles. The summed E-state index contributed by atoms with van der Waals surface area (Å²) in [5.74, 6) is -0.971. The molecular weight excluding hydrogens is 568 g/mol. The Morgan fingerprint density at radius 1 is 0.833 bits per heavy atom. The topological polar surface area (TPSA) is 70.2 Å². The molecule has 0 radical (unpaired) electrons. The first-order valence-corrected chi connectivity index (χ1v) is 13.5. The third kappa shape index (κ3) is 8.24. The fourth-order valence-corrected chi connectivity index (χ4v) is 5.38. The van der Waals surface area contributed by atoms with Crippen molar-refractivity contribution in [2.45, 2.75) is 44.6 Å². The van der Waals surface area contributed by atoms with Crippen molar-refractivity contribution in [3.8, 4) is 5.75 Å². The minimum absolute atomic E-state index is 0.0246. The standard InChI is InChI=1S/C29H31F6N3O4/c1-19(39)37-12-13-38(26(40)14-20-2-4-22(5-3-20)28(30,31)32)24(18-37)17-36-11-10-21(16-36)15-27(41)42-25-8-6-23(7-9-25)29(33,34)35/h2-9,21,24H,10-18H2,1H3. The van der Waals surface area contributed by atoms with Gasteiger partial charge in [0.05, 0.1) is 30.0 Å². The largest absolute Gasteiger partial charge is 0.427 e. The van der Waals surface area contributed by atoms with Gasteiger partial charge in [-0.25, -0.2) is 0 Å². The molecule has 0 N–H and O–H groups in total. The zero-order valence-corrected chi connectivity index (χ0v) is 22.9. The Hall–Kier alpha value is -3.61. The lowest BCUT2D eigenvalue weighted by Crippen LogP contribution is -2.59. The van der Waals surface area contributed by atoms with Gasteiger partial charge in [-0.05, 0) is 60.8 Å². The molecule has 0 spiro atoms. The number of benzene rings is 2. The average Bonchev–Trinajstić information content (AvgIpc) is 3.34. The van der Waals surface area contributed by atoms with Crippen LogP contribution in [0.1, 0.15) is 36.5 Å². The van der Waals surface area contributed by atoms with E-state index in [2.05, 4.69) is 4.90 Å². The predicted octanol–water partition coefficient (Wildman–Crippen LogP) is 4.64. The van der Waals surface area contributed by atoms with Crippen LogP contribution < -0.4 is 4.74 Å². The van der Waals surface area contributed by atoms with Crippen LogP contribution in [0.4, 0.5) is 26.3 Å². The Morgan fingerprint density at radius 3 is 2.00 bits per heavy atom. The molecule has 2 aromatic rings. The molecular formula is C29H31F6N3O4. The van der Waals surface area contributed by atoms with Crippen LogP contribution in [0.25, 0.3) is 0 Å². The summed E-state index contributed by atoms with van der Waals surface area (Å²) in [6.45, 7) is 4.00. The summed E-state index contributed by atoms with van der Waals surface area (Å²) in [5, 5.41) is 0. The Morgan fingerprint density at radius 2 is 1.43 bits per heavy atom. The third-order valence-corrected chi connectivity index (χ3v) is 7.59. The van der Waals surface area contributed by atoms with Crippen LogP contribution in [0.3, 0.4) is 0 Å². The number of piperazine rings is 1. The van der Waals surface area contributed by atoms with Crippen molar-refractivity contribution >= 4 is 17.8 Å². The molecule has 2 saturated heterocycles. The number of carbonyl (C=O) groups is 3. The molecule has 2 aliphatic heterocycles. The van der Waals surface area contributed by atoms with Gasteiger partial charge in [-0.2, -0.15) is 26.3 Å². The van der Waals surface area contributed by atoms with Crippen molar-refractivity contribution in [2.24, 2.45) is 5.92 Å². The number of rotatable bonds is 7. The maximum Gasteiger partial charge on any atom is 0.416 e. The number of hydrogen-bond acceptors (Lipinski definition) is 5. The van der Waals surface area contributed by atoms with Crippen LogP contribution in [0, 0.1) is 5.92 Å². The number of likely N-dealkylation sites (tertiary alicyclic amines) is 1. The third-order valence-electron chi connectivity index (χ3n) is 7.59. The summed E-state index contributed by atoms with van der Waals surface area (Å²) in [6, 6.07) is 8.01. The number of hydrogen-bond donors (Lipinski definition) is 0. The molecule has 228 valence electrons. The van der Waals surface area contributed by atoms with E-state index in [0.717, 1.165) is 36.4 Å². The Labute approximate surface area is 239 Å². The molecule has 2 atom stereocenters. The number of carbonyl (C=O) groups excluding carboxylic acids is 3. The second-order valence-electron chi connectivity index (χ2n) is 10.7. The number of halogens is 6. The van der Waals surface area contributed by atoms with Gasteiger partial charge in [-0.1, -0.05) is 12.1 Å². The molecule has 0 saturated carbocycles. The van der Waals surface area contributed by atoms with Crippen molar-refractivity contribution in [1.82, 2.24) is 14.7 Å². The number of amides is 2. The van der Waals surface area contributed by atoms with Gasteiger partial charge in [-0.3, -0.25) is 14.4 Å². The molecule has 13 heteroatoms. The lowest BCUT2D eigenvalue weighted by molar-refractivity contribution is -0.142. The van der Waals surface area contributed by atoms with Crippen LogP contribution in [-0.4, -0.2) is 77.8 Å². The van der Waals surface area contributed by atoms with E-state index in [9.17, 15) is 40.7 Å². The van der Waals surface area contributed by atoms with Gasteiger partial charge in [0, 0.05) is 39.6 Å². The summed E-state index contributed by atoms with van der Waals surface area (Å²) in [6.07, 6.45) is -8.29. The summed E-state index contributed by atoms with van der Waals surface area (Å²) < 4.78 is 82.1. The first-order chi connectivity index (χ1) is 19.7. The quantitative estimate of drug-likeness (QED) is 0.264. The second kappa shape index (κ2) is 12.7. The second-order valence-corrected chi connectivity index (χ2v) is 10.7. The zero-order chi connectivity index (χ0) is 30.7. The summed E-state index contributed by atoms with van der Waals surface area (Å²) in [4.78, 5) is 43.1. The van der Waals surface area contributed by atoms with E-state index in [-0.39, 0.29) is 42.4 Å². The molecule has 2 fully saturated rings. The van der Waals surface area contributed by atoms with Gasteiger partial charge in [0.15, 0.2) is 0 Å². The minimum Gasteiger partial charge on any atom is -0.427 e. The summed E-state index contributed by atoms with van der Waals surface area (Å²) in [7, 11) is 0. The normalized spacial score (nSPS) is 20.1. The highest BCUT2D eigenvalue weighted by Crippen LogP contribution is 2.31. The highest BCUT2D eigenvalue weighted by Gasteiger charge is 2.36. The fourth-order valence-electron chi connectivity index (χ4n) is 5.38. The monoisotopic (exact) mass is 599 g/mol. The maximum atomic E-state index is 13.2. The molecule has 0 aliphatic carbocycles. The van der Waals surface area contributed by atoms with Crippen molar-refractivity contribution in [3.05, 3.63) is 65.2 Å². The molecule has 2 aliphatic rings. The van der Waals surface area contributed by atoms with Crippen LogP contribution >= 0.6 is 0 Å². The molecule has 2 unspecified atom stereocenters. The van der Waals surface area contributed by atoms with Gasteiger partial charge in [-0.15, -0.1) is 0 Å². The van der Waals surface area contributed by atoms with Crippen LogP contribution in [0.15, 0.2) is 48.5 Å². The highest BCUT2D eigenvalue weighted by molar-refractivity contribution is 5.80. The van der Waals surface area contributed by atoms with E-state index in [1.165, 1.54) is 19.1 Å². The molecule has 4 rings (SSSR count). The molecule has 2 amide bonds. The van der Waals surface area contributed by atoms with Crippen molar-refractivity contribution in [1.29, 1.82) is 0 Å². The Balaban J connectivity index is 1.33. The average molecular weight is 600 g/mol. The van der Waals surface area contributed by atoms with E-state index in [1.54, 1.807) is 9.80 Å². The van der Waals surface area contributed by atoms with Gasteiger partial charge >= 0.3 is 18.3 Å². The Bertz CT molecular complexity index is 1260. The maximum absolute atomic E-state index is 13.2. The van der Waals surface area contributed by atoms with Gasteiger partial charge < -0.3 is 19.4 Å². The smallest absolute Gasteiger partial charge is 0.416 e. The summed E-state index contributed by atoms with van der Waals surface area (Å²) >= 11 is 0. The molecule has 2 heterocycles. The van der Waals surface area contributed by atoms with E-state index in [0.29, 0.717) is 51.3 Å². The van der Waals surface area contributed by atoms with Crippen molar-refractivity contribution in [3.63, 3.8) is 0 Å². The number of ether oxygens (including phenoxy) is 1. The van der Waals surface area contributed by atoms with Crippen LogP contribution in [0.5, 0.6) is 5.75 Å². The number of nitrogens with zero attached hydrogens (tertiary/aromatic N) is 3. The first kappa shape index (κ1) is 31.3. The fraction of sp³-hybridized carbons (Fsp3) is 0.483. The van der Waals surface area contributed by atoms with E-state index in [1.807, 2.05) is 0 Å². The zero-order valence-electron chi connectivity index (χ0n) is 22.9. The van der Waals surface area contributed by atoms with Gasteiger partial charge in [0.25, 0.3) is 0 Å². The lowest BCUT2D eigenvalue weighted by Gasteiger charge is -2.42. The molecule has 2 aromatic carbocycles. The van der Waals surface area contributed by atoms with Crippen LogP contribution in [0.2, 0.25) is 0 Å². The predicted molar refractivity (Wildman–Crippen MR) is 139 cm³/mol. The highest BCUT2D eigenvalue weighted by atomic mass is 19.4. The van der Waals surface area contributed by atoms with Crippen molar-refractivity contribution < 1.29 is 45.5 Å². The van der Waals surface area contributed by atoms with E-state index < -0.39 is 29.4 Å². The first-order valence-electron chi connectivity index (χ1n) is 13.5. The summed E-state index contributed by atoms with van der Waals surface area (Å²) in [5.41, 5.74) is -1.18.